The Balaban J connectivity index is 1.40. The van der Waals surface area contributed by atoms with Gasteiger partial charge < -0.3 is 19.7 Å². The zero-order chi connectivity index (χ0) is 25.0. The Bertz CT molecular complexity index is 1420. The summed E-state index contributed by atoms with van der Waals surface area (Å²) in [6.45, 7) is 3.77. The summed E-state index contributed by atoms with van der Waals surface area (Å²) in [6.07, 6.45) is 2.62. The minimum Gasteiger partial charge on any atom is -0.439 e. The number of rotatable bonds is 8. The monoisotopic (exact) mass is 507 g/mol. The molecular weight excluding hydrogens is 482 g/mol. The molecule has 1 aliphatic heterocycles. The second-order valence-corrected chi connectivity index (χ2v) is 9.75. The SMILES string of the molecule is Cn1cc(S(=O)(=O)Nc2nc(Oc3ccccc3)cc(Oc3ccc(N4CCNCC4)cc3)n2)cn1. The number of aromatic nitrogens is 4. The van der Waals surface area contributed by atoms with Crippen LogP contribution in [0, 0.1) is 0 Å². The topological polar surface area (TPSA) is 124 Å². The van der Waals surface area contributed by atoms with Crippen molar-refractivity contribution in [2.45, 2.75) is 4.90 Å². The lowest BCUT2D eigenvalue weighted by Crippen LogP contribution is -2.43. The molecule has 3 heterocycles. The van der Waals surface area contributed by atoms with Gasteiger partial charge in [0.05, 0.1) is 12.3 Å². The molecule has 2 aromatic heterocycles. The van der Waals surface area contributed by atoms with E-state index in [-0.39, 0.29) is 22.6 Å². The van der Waals surface area contributed by atoms with Crippen LogP contribution in [0.3, 0.4) is 0 Å². The van der Waals surface area contributed by atoms with Crippen LogP contribution in [0.1, 0.15) is 0 Å². The van der Waals surface area contributed by atoms with E-state index in [0.717, 1.165) is 31.9 Å². The Morgan fingerprint density at radius 2 is 1.56 bits per heavy atom. The van der Waals surface area contributed by atoms with Crippen molar-refractivity contribution in [1.82, 2.24) is 25.1 Å². The number of aryl methyl sites for hydroxylation is 1. The summed E-state index contributed by atoms with van der Waals surface area (Å²) >= 11 is 0. The normalized spacial score (nSPS) is 13.9. The molecule has 0 bridgehead atoms. The number of piperazine rings is 1. The quantitative estimate of drug-likeness (QED) is 0.370. The zero-order valence-corrected chi connectivity index (χ0v) is 20.4. The maximum Gasteiger partial charge on any atom is 0.267 e. The number of hydrogen-bond acceptors (Lipinski definition) is 9. The molecule has 1 aliphatic rings. The van der Waals surface area contributed by atoms with E-state index >= 15 is 0 Å². The zero-order valence-electron chi connectivity index (χ0n) is 19.5. The van der Waals surface area contributed by atoms with Gasteiger partial charge in [-0.25, -0.2) is 13.1 Å². The molecule has 1 saturated heterocycles. The van der Waals surface area contributed by atoms with Gasteiger partial charge in [0.25, 0.3) is 10.0 Å². The molecule has 4 aromatic rings. The van der Waals surface area contributed by atoms with E-state index in [2.05, 4.69) is 30.0 Å². The van der Waals surface area contributed by atoms with Crippen molar-refractivity contribution in [3.05, 3.63) is 73.1 Å². The molecule has 186 valence electrons. The average molecular weight is 508 g/mol. The minimum atomic E-state index is -3.97. The molecule has 12 heteroatoms. The van der Waals surface area contributed by atoms with Crippen molar-refractivity contribution in [1.29, 1.82) is 0 Å². The number of anilines is 2. The highest BCUT2D eigenvalue weighted by atomic mass is 32.2. The molecule has 2 N–H and O–H groups in total. The van der Waals surface area contributed by atoms with Crippen LogP contribution in [0.25, 0.3) is 0 Å². The van der Waals surface area contributed by atoms with Crippen LogP contribution >= 0.6 is 0 Å². The summed E-state index contributed by atoms with van der Waals surface area (Å²) in [5.41, 5.74) is 1.10. The third kappa shape index (κ3) is 5.73. The second kappa shape index (κ2) is 10.2. The van der Waals surface area contributed by atoms with Crippen LogP contribution in [0.2, 0.25) is 0 Å². The lowest BCUT2D eigenvalue weighted by molar-refractivity contribution is 0.435. The van der Waals surface area contributed by atoms with Crippen molar-refractivity contribution < 1.29 is 17.9 Å². The Kier molecular flexibility index (Phi) is 6.69. The van der Waals surface area contributed by atoms with Gasteiger partial charge in [-0.3, -0.25) is 4.68 Å². The van der Waals surface area contributed by atoms with E-state index in [4.69, 9.17) is 9.47 Å². The molecule has 0 radical (unpaired) electrons. The molecule has 0 spiro atoms. The first-order valence-electron chi connectivity index (χ1n) is 11.3. The standard InChI is InChI=1S/C24H25N7O4S/c1-30-17-21(16-26-30)36(32,33)29-24-27-22(34-19-5-3-2-4-6-19)15-23(28-24)35-20-9-7-18(8-10-20)31-13-11-25-12-14-31/h2-10,15-17,25H,11-14H2,1H3,(H,27,28,29). The summed E-state index contributed by atoms with van der Waals surface area (Å²) < 4.78 is 41.2. The van der Waals surface area contributed by atoms with E-state index in [0.29, 0.717) is 11.5 Å². The van der Waals surface area contributed by atoms with Gasteiger partial charge in [0.2, 0.25) is 17.7 Å². The van der Waals surface area contributed by atoms with Crippen LogP contribution in [-0.2, 0) is 17.1 Å². The molecule has 0 aliphatic carbocycles. The fraction of sp³-hybridized carbons (Fsp3) is 0.208. The Morgan fingerprint density at radius 1 is 0.917 bits per heavy atom. The van der Waals surface area contributed by atoms with Gasteiger partial charge in [0, 0.05) is 45.1 Å². The van der Waals surface area contributed by atoms with Gasteiger partial charge in [-0.1, -0.05) is 18.2 Å². The van der Waals surface area contributed by atoms with E-state index in [9.17, 15) is 8.42 Å². The minimum absolute atomic E-state index is 0.0195. The van der Waals surface area contributed by atoms with Crippen LogP contribution in [-0.4, -0.2) is 54.3 Å². The predicted molar refractivity (Wildman–Crippen MR) is 134 cm³/mol. The van der Waals surface area contributed by atoms with E-state index in [1.165, 1.54) is 23.1 Å². The summed E-state index contributed by atoms with van der Waals surface area (Å²) in [5.74, 6) is 1.12. The van der Waals surface area contributed by atoms with Gasteiger partial charge in [-0.2, -0.15) is 15.1 Å². The molecular formula is C24H25N7O4S. The molecule has 0 unspecified atom stereocenters. The van der Waals surface area contributed by atoms with Crippen molar-refractivity contribution in [3.63, 3.8) is 0 Å². The molecule has 1 fully saturated rings. The predicted octanol–water partition coefficient (Wildman–Crippen LogP) is 3.01. The molecule has 5 rings (SSSR count). The highest BCUT2D eigenvalue weighted by Crippen LogP contribution is 2.29. The fourth-order valence-corrected chi connectivity index (χ4v) is 4.58. The molecule has 0 atom stereocenters. The molecule has 2 aromatic carbocycles. The number of hydrogen-bond donors (Lipinski definition) is 2. The number of benzene rings is 2. The van der Waals surface area contributed by atoms with Gasteiger partial charge in [-0.15, -0.1) is 0 Å². The third-order valence-corrected chi connectivity index (χ3v) is 6.69. The van der Waals surface area contributed by atoms with Crippen LogP contribution in [0.5, 0.6) is 23.3 Å². The lowest BCUT2D eigenvalue weighted by atomic mass is 10.2. The van der Waals surface area contributed by atoms with Gasteiger partial charge in [-0.05, 0) is 36.4 Å². The van der Waals surface area contributed by atoms with Gasteiger partial charge in [0.15, 0.2) is 0 Å². The summed E-state index contributed by atoms with van der Waals surface area (Å²) in [6, 6.07) is 18.2. The first-order valence-corrected chi connectivity index (χ1v) is 12.8. The van der Waals surface area contributed by atoms with E-state index < -0.39 is 10.0 Å². The summed E-state index contributed by atoms with van der Waals surface area (Å²) in [5, 5.41) is 7.25. The smallest absolute Gasteiger partial charge is 0.267 e. The van der Waals surface area contributed by atoms with Crippen molar-refractivity contribution in [2.75, 3.05) is 35.8 Å². The number of para-hydroxylation sites is 1. The number of nitrogens with zero attached hydrogens (tertiary/aromatic N) is 5. The number of ether oxygens (including phenoxy) is 2. The largest absolute Gasteiger partial charge is 0.439 e. The van der Waals surface area contributed by atoms with Crippen LogP contribution in [0.4, 0.5) is 11.6 Å². The first kappa shape index (κ1) is 23.6. The molecule has 11 nitrogen and oxygen atoms in total. The van der Waals surface area contributed by atoms with Crippen molar-refractivity contribution >= 4 is 21.7 Å². The van der Waals surface area contributed by atoms with E-state index in [1.54, 1.807) is 19.2 Å². The molecule has 0 saturated carbocycles. The number of sulfonamides is 1. The fourth-order valence-electron chi connectivity index (χ4n) is 3.65. The maximum absolute atomic E-state index is 12.8. The summed E-state index contributed by atoms with van der Waals surface area (Å²) in [7, 11) is -2.34. The Labute approximate surface area is 208 Å². The highest BCUT2D eigenvalue weighted by Gasteiger charge is 2.20. The van der Waals surface area contributed by atoms with Crippen molar-refractivity contribution in [2.24, 2.45) is 7.05 Å². The van der Waals surface area contributed by atoms with Crippen LogP contribution in [0.15, 0.2) is 78.0 Å². The lowest BCUT2D eigenvalue weighted by Gasteiger charge is -2.29. The van der Waals surface area contributed by atoms with Crippen molar-refractivity contribution in [3.8, 4) is 23.3 Å². The van der Waals surface area contributed by atoms with Gasteiger partial charge >= 0.3 is 0 Å². The maximum atomic E-state index is 12.8. The second-order valence-electron chi connectivity index (χ2n) is 8.07. The molecule has 36 heavy (non-hydrogen) atoms. The Morgan fingerprint density at radius 3 is 2.17 bits per heavy atom. The summed E-state index contributed by atoms with van der Waals surface area (Å²) in [4.78, 5) is 10.7. The Hall–Kier alpha value is -4.16. The van der Waals surface area contributed by atoms with Gasteiger partial charge in [0.1, 0.15) is 16.4 Å². The third-order valence-electron chi connectivity index (χ3n) is 5.40. The first-order chi connectivity index (χ1) is 17.4. The molecule has 0 amide bonds. The van der Waals surface area contributed by atoms with Crippen LogP contribution < -0.4 is 24.4 Å². The number of nitrogens with one attached hydrogen (secondary N) is 2. The highest BCUT2D eigenvalue weighted by molar-refractivity contribution is 7.92. The average Bonchev–Trinajstić information content (AvgIpc) is 3.33. The van der Waals surface area contributed by atoms with E-state index in [1.807, 2.05) is 42.5 Å².